The molecule has 60 valence electrons. The van der Waals surface area contributed by atoms with Crippen LogP contribution in [0.3, 0.4) is 0 Å². The molecule has 0 unspecified atom stereocenters. The van der Waals surface area contributed by atoms with Gasteiger partial charge >= 0.3 is 0 Å². The fourth-order valence-electron chi connectivity index (χ4n) is 0.652. The lowest BCUT2D eigenvalue weighted by molar-refractivity contribution is -0.118. The molecule has 11 heavy (non-hydrogen) atoms. The van der Waals surface area contributed by atoms with Gasteiger partial charge in [-0.1, -0.05) is 5.16 Å². The number of nitrogens with two attached hydrogens (primary N) is 1. The molecule has 1 aromatic rings. The van der Waals surface area contributed by atoms with Crippen molar-refractivity contribution in [3.05, 3.63) is 16.4 Å². The van der Waals surface area contributed by atoms with Crippen molar-refractivity contribution in [2.45, 2.75) is 12.8 Å². The van der Waals surface area contributed by atoms with Crippen molar-refractivity contribution in [3.8, 4) is 0 Å². The third kappa shape index (κ3) is 2.71. The van der Waals surface area contributed by atoms with E-state index in [1.165, 1.54) is 0 Å². The molecule has 0 atom stereocenters. The van der Waals surface area contributed by atoms with E-state index in [-0.39, 0.29) is 5.91 Å². The average Bonchev–Trinajstić information content (AvgIpc) is 2.31. The second-order valence-corrected chi connectivity index (χ2v) is 2.89. The fourth-order valence-corrected chi connectivity index (χ4v) is 0.980. The zero-order valence-electron chi connectivity index (χ0n) is 5.71. The van der Waals surface area contributed by atoms with Crippen LogP contribution in [0.25, 0.3) is 0 Å². The molecule has 0 radical (unpaired) electrons. The van der Waals surface area contributed by atoms with Crippen LogP contribution in [0, 0.1) is 0 Å². The monoisotopic (exact) mass is 218 g/mol. The highest BCUT2D eigenvalue weighted by Gasteiger charge is 2.02. The number of halogens is 1. The topological polar surface area (TPSA) is 69.1 Å². The molecule has 1 heterocycles. The molecule has 0 saturated heterocycles. The van der Waals surface area contributed by atoms with E-state index in [0.717, 1.165) is 0 Å². The third-order valence-corrected chi connectivity index (χ3v) is 1.52. The Morgan fingerprint density at radius 2 is 2.55 bits per heavy atom. The molecule has 0 fully saturated rings. The van der Waals surface area contributed by atoms with E-state index in [1.807, 2.05) is 0 Å². The van der Waals surface area contributed by atoms with Gasteiger partial charge in [-0.25, -0.2) is 0 Å². The van der Waals surface area contributed by atoms with Crippen LogP contribution in [0.4, 0.5) is 0 Å². The van der Waals surface area contributed by atoms with Gasteiger partial charge in [-0.15, -0.1) is 0 Å². The number of amides is 1. The van der Waals surface area contributed by atoms with Gasteiger partial charge in [0.25, 0.3) is 0 Å². The Hall–Kier alpha value is -0.840. The molecule has 4 nitrogen and oxygen atoms in total. The summed E-state index contributed by atoms with van der Waals surface area (Å²) in [6.45, 7) is 0. The minimum atomic E-state index is -0.336. The molecule has 0 bridgehead atoms. The van der Waals surface area contributed by atoms with Gasteiger partial charge in [0.15, 0.2) is 0 Å². The zero-order chi connectivity index (χ0) is 8.27. The molecule has 0 aliphatic rings. The summed E-state index contributed by atoms with van der Waals surface area (Å²) in [5, 5.41) is 3.58. The quantitative estimate of drug-likeness (QED) is 0.819. The Morgan fingerprint density at radius 1 is 1.82 bits per heavy atom. The molecule has 1 rings (SSSR count). The van der Waals surface area contributed by atoms with Gasteiger partial charge in [-0.3, -0.25) is 4.79 Å². The molecule has 1 aromatic heterocycles. The highest BCUT2D eigenvalue weighted by Crippen LogP contribution is 2.10. The fraction of sp³-hybridized carbons (Fsp3) is 0.333. The predicted octanol–water partition coefficient (Wildman–Crippen LogP) is 0.855. The number of rotatable bonds is 3. The molecule has 0 aliphatic carbocycles. The van der Waals surface area contributed by atoms with Crippen molar-refractivity contribution in [2.75, 3.05) is 0 Å². The maximum absolute atomic E-state index is 10.3. The second-order valence-electron chi connectivity index (χ2n) is 2.08. The summed E-state index contributed by atoms with van der Waals surface area (Å²) in [4.78, 5) is 10.3. The first-order valence-corrected chi connectivity index (χ1v) is 3.87. The maximum atomic E-state index is 10.3. The Kier molecular flexibility index (Phi) is 2.64. The predicted molar refractivity (Wildman–Crippen MR) is 41.7 cm³/mol. The van der Waals surface area contributed by atoms with Crippen LogP contribution < -0.4 is 5.73 Å². The Bertz CT molecular complexity index is 259. The van der Waals surface area contributed by atoms with Gasteiger partial charge in [0.1, 0.15) is 10.4 Å². The zero-order valence-corrected chi connectivity index (χ0v) is 7.30. The minimum absolute atomic E-state index is 0.293. The molecule has 1 amide bonds. The molecule has 0 saturated carbocycles. The Balaban J connectivity index is 2.45. The molecular weight excluding hydrogens is 212 g/mol. The second kappa shape index (κ2) is 3.52. The lowest BCUT2D eigenvalue weighted by Gasteiger charge is -1.88. The van der Waals surface area contributed by atoms with E-state index in [4.69, 9.17) is 10.3 Å². The first-order chi connectivity index (χ1) is 5.18. The van der Waals surface area contributed by atoms with Crippen molar-refractivity contribution in [1.29, 1.82) is 0 Å². The van der Waals surface area contributed by atoms with Crippen LogP contribution in [0.2, 0.25) is 0 Å². The molecule has 0 aromatic carbocycles. The molecule has 0 spiro atoms. The van der Waals surface area contributed by atoms with E-state index in [9.17, 15) is 4.79 Å². The molecule has 5 heteroatoms. The van der Waals surface area contributed by atoms with Crippen LogP contribution in [-0.4, -0.2) is 11.1 Å². The van der Waals surface area contributed by atoms with Gasteiger partial charge in [-0.05, 0) is 15.9 Å². The van der Waals surface area contributed by atoms with E-state index in [0.29, 0.717) is 23.2 Å². The van der Waals surface area contributed by atoms with Gasteiger partial charge in [0.2, 0.25) is 5.91 Å². The minimum Gasteiger partial charge on any atom is -0.370 e. The summed E-state index contributed by atoms with van der Waals surface area (Å²) < 4.78 is 5.45. The number of carbonyl (C=O) groups excluding carboxylic acids is 1. The summed E-state index contributed by atoms with van der Waals surface area (Å²) in [7, 11) is 0. The highest BCUT2D eigenvalue weighted by atomic mass is 79.9. The van der Waals surface area contributed by atoms with Crippen LogP contribution in [0.1, 0.15) is 12.2 Å². The molecule has 2 N–H and O–H groups in total. The first-order valence-electron chi connectivity index (χ1n) is 3.08. The lowest BCUT2D eigenvalue weighted by atomic mass is 10.2. The largest absolute Gasteiger partial charge is 0.370 e. The van der Waals surface area contributed by atoms with E-state index in [1.54, 1.807) is 6.07 Å². The van der Waals surface area contributed by atoms with Crippen LogP contribution in [0.5, 0.6) is 0 Å². The normalized spacial score (nSPS) is 9.91. The molecular formula is C6H7BrN2O2. The van der Waals surface area contributed by atoms with Gasteiger partial charge in [0, 0.05) is 18.9 Å². The van der Waals surface area contributed by atoms with Gasteiger partial charge in [0.05, 0.1) is 0 Å². The smallest absolute Gasteiger partial charge is 0.217 e. The summed E-state index contributed by atoms with van der Waals surface area (Å²) in [5.74, 6) is 0.327. The van der Waals surface area contributed by atoms with Gasteiger partial charge < -0.3 is 10.3 Å². The van der Waals surface area contributed by atoms with Crippen molar-refractivity contribution in [3.63, 3.8) is 0 Å². The number of aryl methyl sites for hydroxylation is 1. The van der Waals surface area contributed by atoms with E-state index in [2.05, 4.69) is 21.1 Å². The Labute approximate surface area is 71.9 Å². The number of nitrogens with zero attached hydrogens (tertiary/aromatic N) is 1. The standard InChI is InChI=1S/C6H7BrN2O2/c7-5-3-4(11-9-5)1-2-6(8)10/h3H,1-2H2,(H2,8,10). The maximum Gasteiger partial charge on any atom is 0.217 e. The van der Waals surface area contributed by atoms with Crippen LogP contribution >= 0.6 is 15.9 Å². The lowest BCUT2D eigenvalue weighted by Crippen LogP contribution is -2.10. The van der Waals surface area contributed by atoms with Gasteiger partial charge in [-0.2, -0.15) is 0 Å². The number of carbonyl (C=O) groups is 1. The summed E-state index contributed by atoms with van der Waals surface area (Å²) in [6.07, 6.45) is 0.801. The summed E-state index contributed by atoms with van der Waals surface area (Å²) >= 11 is 3.12. The van der Waals surface area contributed by atoms with Crippen molar-refractivity contribution >= 4 is 21.8 Å². The number of hydrogen-bond acceptors (Lipinski definition) is 3. The highest BCUT2D eigenvalue weighted by molar-refractivity contribution is 9.10. The first kappa shape index (κ1) is 8.26. The van der Waals surface area contributed by atoms with Crippen molar-refractivity contribution < 1.29 is 9.32 Å². The number of primary amides is 1. The summed E-state index contributed by atoms with van der Waals surface area (Å²) in [5.41, 5.74) is 4.93. The van der Waals surface area contributed by atoms with Crippen molar-refractivity contribution in [2.24, 2.45) is 5.73 Å². The van der Waals surface area contributed by atoms with Crippen molar-refractivity contribution in [1.82, 2.24) is 5.16 Å². The number of aromatic nitrogens is 1. The molecule has 0 aliphatic heterocycles. The third-order valence-electron chi connectivity index (χ3n) is 1.15. The Morgan fingerprint density at radius 3 is 3.00 bits per heavy atom. The number of hydrogen-bond donors (Lipinski definition) is 1. The van der Waals surface area contributed by atoms with Crippen LogP contribution in [0.15, 0.2) is 15.2 Å². The SMILES string of the molecule is NC(=O)CCc1cc(Br)no1. The van der Waals surface area contributed by atoms with E-state index < -0.39 is 0 Å². The summed E-state index contributed by atoms with van der Waals surface area (Å²) in [6, 6.07) is 1.71. The van der Waals surface area contributed by atoms with Crippen LogP contribution in [-0.2, 0) is 11.2 Å². The van der Waals surface area contributed by atoms with E-state index >= 15 is 0 Å². The average molecular weight is 219 g/mol.